The third-order valence-corrected chi connectivity index (χ3v) is 1.86. The second kappa shape index (κ2) is 2.14. The van der Waals surface area contributed by atoms with Gasteiger partial charge in [0.05, 0.1) is 0 Å². The van der Waals surface area contributed by atoms with Crippen LogP contribution >= 0.6 is 0 Å². The predicted molar refractivity (Wildman–Crippen MR) is 38.9 cm³/mol. The van der Waals surface area contributed by atoms with E-state index in [4.69, 9.17) is 0 Å². The number of imide groups is 1. The quantitative estimate of drug-likeness (QED) is 0.488. The largest absolute Gasteiger partial charge is 0.294 e. The molecule has 1 heterocycles. The molecule has 0 fully saturated rings. The summed E-state index contributed by atoms with van der Waals surface area (Å²) >= 11 is 0. The van der Waals surface area contributed by atoms with Gasteiger partial charge in [0.2, 0.25) is 0 Å². The fourth-order valence-electron chi connectivity index (χ4n) is 1.27. The molecule has 0 aromatic heterocycles. The molecule has 1 aliphatic carbocycles. The Morgan fingerprint density at radius 2 is 1.83 bits per heavy atom. The molecule has 0 saturated carbocycles. The van der Waals surface area contributed by atoms with Crippen molar-refractivity contribution in [3.63, 3.8) is 0 Å². The van der Waals surface area contributed by atoms with Crippen LogP contribution in [0.25, 0.3) is 0 Å². The van der Waals surface area contributed by atoms with Gasteiger partial charge < -0.3 is 0 Å². The highest BCUT2D eigenvalue weighted by atomic mass is 16.2. The standard InChI is InChI=1S/C8H5NO3/c10-4-1-2-5-6(3-4)8(12)9-7(5)11/h1-2H,3H2,(H,9,11,12). The lowest BCUT2D eigenvalue weighted by Gasteiger charge is -2.01. The normalized spacial score (nSPS) is 21.5. The summed E-state index contributed by atoms with van der Waals surface area (Å²) in [7, 11) is 0. The van der Waals surface area contributed by atoms with Crippen LogP contribution in [0.4, 0.5) is 0 Å². The average Bonchev–Trinajstić information content (AvgIpc) is 2.28. The number of carbonyl (C=O) groups is 3. The molecule has 2 aliphatic rings. The van der Waals surface area contributed by atoms with Gasteiger partial charge in [-0.15, -0.1) is 0 Å². The summed E-state index contributed by atoms with van der Waals surface area (Å²) < 4.78 is 0. The molecule has 0 aromatic rings. The Bertz CT molecular complexity index is 362. The van der Waals surface area contributed by atoms with E-state index in [2.05, 4.69) is 5.32 Å². The maximum Gasteiger partial charge on any atom is 0.258 e. The van der Waals surface area contributed by atoms with Crippen LogP contribution in [-0.4, -0.2) is 17.6 Å². The van der Waals surface area contributed by atoms with E-state index >= 15 is 0 Å². The lowest BCUT2D eigenvalue weighted by Crippen LogP contribution is -2.22. The molecule has 2 amide bonds. The minimum absolute atomic E-state index is 0.0450. The molecule has 0 saturated heterocycles. The van der Waals surface area contributed by atoms with Gasteiger partial charge in [-0.3, -0.25) is 19.7 Å². The third kappa shape index (κ3) is 0.812. The summed E-state index contributed by atoms with van der Waals surface area (Å²) in [5.41, 5.74) is 0.632. The molecular weight excluding hydrogens is 158 g/mol. The fraction of sp³-hybridized carbons (Fsp3) is 0.125. The van der Waals surface area contributed by atoms with E-state index in [9.17, 15) is 14.4 Å². The van der Waals surface area contributed by atoms with E-state index in [1.165, 1.54) is 12.2 Å². The first-order valence-corrected chi connectivity index (χ1v) is 3.48. The molecule has 0 bridgehead atoms. The molecule has 0 unspecified atom stereocenters. The van der Waals surface area contributed by atoms with E-state index in [1.54, 1.807) is 0 Å². The van der Waals surface area contributed by atoms with E-state index in [-0.39, 0.29) is 12.2 Å². The summed E-state index contributed by atoms with van der Waals surface area (Å²) in [5.74, 6) is -0.981. The van der Waals surface area contributed by atoms with Crippen LogP contribution in [0, 0.1) is 0 Å². The van der Waals surface area contributed by atoms with Crippen molar-refractivity contribution in [2.45, 2.75) is 6.42 Å². The zero-order valence-corrected chi connectivity index (χ0v) is 6.09. The number of rotatable bonds is 0. The summed E-state index contributed by atoms with van der Waals surface area (Å²) in [5, 5.41) is 2.12. The topological polar surface area (TPSA) is 63.2 Å². The van der Waals surface area contributed by atoms with E-state index in [0.717, 1.165) is 0 Å². The molecule has 4 nitrogen and oxygen atoms in total. The average molecular weight is 163 g/mol. The molecular formula is C8H5NO3. The number of amides is 2. The van der Waals surface area contributed by atoms with Crippen molar-refractivity contribution in [1.29, 1.82) is 0 Å². The number of hydrogen-bond donors (Lipinski definition) is 1. The molecule has 2 rings (SSSR count). The van der Waals surface area contributed by atoms with Crippen molar-refractivity contribution in [2.24, 2.45) is 0 Å². The maximum atomic E-state index is 11.0. The number of hydrogen-bond acceptors (Lipinski definition) is 3. The van der Waals surface area contributed by atoms with Gasteiger partial charge in [0, 0.05) is 17.6 Å². The maximum absolute atomic E-state index is 11.0. The fourth-order valence-corrected chi connectivity index (χ4v) is 1.27. The number of allylic oxidation sites excluding steroid dienone is 1. The number of carbonyl (C=O) groups excluding carboxylic acids is 3. The molecule has 1 aliphatic heterocycles. The van der Waals surface area contributed by atoms with Crippen molar-refractivity contribution in [1.82, 2.24) is 5.32 Å². The lowest BCUT2D eigenvalue weighted by atomic mass is 9.99. The molecule has 60 valence electrons. The van der Waals surface area contributed by atoms with Crippen LogP contribution in [-0.2, 0) is 14.4 Å². The van der Waals surface area contributed by atoms with Gasteiger partial charge >= 0.3 is 0 Å². The van der Waals surface area contributed by atoms with Crippen molar-refractivity contribution < 1.29 is 14.4 Å². The SMILES string of the molecule is O=C1C=CC2=C(C1)C(=O)NC2=O. The minimum Gasteiger partial charge on any atom is -0.294 e. The van der Waals surface area contributed by atoms with Crippen LogP contribution in [0.5, 0.6) is 0 Å². The molecule has 4 heteroatoms. The minimum atomic E-state index is -0.437. The van der Waals surface area contributed by atoms with Crippen molar-refractivity contribution in [3.8, 4) is 0 Å². The zero-order chi connectivity index (χ0) is 8.72. The first kappa shape index (κ1) is 6.97. The summed E-state index contributed by atoms with van der Waals surface area (Å²) in [4.78, 5) is 32.8. The monoisotopic (exact) mass is 163 g/mol. The highest BCUT2D eigenvalue weighted by molar-refractivity contribution is 6.24. The Morgan fingerprint density at radius 3 is 2.58 bits per heavy atom. The van der Waals surface area contributed by atoms with Crippen molar-refractivity contribution in [3.05, 3.63) is 23.3 Å². The summed E-state index contributed by atoms with van der Waals surface area (Å²) in [6, 6.07) is 0. The second-order valence-electron chi connectivity index (χ2n) is 2.65. The first-order valence-electron chi connectivity index (χ1n) is 3.48. The first-order chi connectivity index (χ1) is 5.68. The molecule has 0 atom stereocenters. The van der Waals surface area contributed by atoms with Gasteiger partial charge in [0.1, 0.15) is 0 Å². The summed E-state index contributed by atoms with van der Waals surface area (Å²) in [6.07, 6.45) is 2.75. The van der Waals surface area contributed by atoms with E-state index in [1.807, 2.05) is 0 Å². The zero-order valence-electron chi connectivity index (χ0n) is 6.09. The van der Waals surface area contributed by atoms with Gasteiger partial charge in [-0.05, 0) is 12.2 Å². The smallest absolute Gasteiger partial charge is 0.258 e. The Hall–Kier alpha value is -1.71. The van der Waals surface area contributed by atoms with Crippen LogP contribution < -0.4 is 5.32 Å². The molecule has 1 N–H and O–H groups in total. The van der Waals surface area contributed by atoms with Crippen LogP contribution in [0.15, 0.2) is 23.3 Å². The molecule has 0 aromatic carbocycles. The Balaban J connectivity index is 2.49. The highest BCUT2D eigenvalue weighted by Crippen LogP contribution is 2.21. The van der Waals surface area contributed by atoms with Gasteiger partial charge in [-0.2, -0.15) is 0 Å². The molecule has 12 heavy (non-hydrogen) atoms. The van der Waals surface area contributed by atoms with E-state index in [0.29, 0.717) is 11.1 Å². The van der Waals surface area contributed by atoms with Gasteiger partial charge in [-0.25, -0.2) is 0 Å². The van der Waals surface area contributed by atoms with Gasteiger partial charge in [-0.1, -0.05) is 0 Å². The van der Waals surface area contributed by atoms with E-state index < -0.39 is 11.8 Å². The summed E-state index contributed by atoms with van der Waals surface area (Å²) in [6.45, 7) is 0. The Kier molecular flexibility index (Phi) is 1.24. The van der Waals surface area contributed by atoms with Crippen LogP contribution in [0.3, 0.4) is 0 Å². The number of ketones is 1. The van der Waals surface area contributed by atoms with Crippen LogP contribution in [0.1, 0.15) is 6.42 Å². The van der Waals surface area contributed by atoms with Crippen molar-refractivity contribution >= 4 is 17.6 Å². The second-order valence-corrected chi connectivity index (χ2v) is 2.65. The van der Waals surface area contributed by atoms with Gasteiger partial charge in [0.25, 0.3) is 11.8 Å². The molecule has 0 spiro atoms. The van der Waals surface area contributed by atoms with Crippen molar-refractivity contribution in [2.75, 3.05) is 0 Å². The highest BCUT2D eigenvalue weighted by Gasteiger charge is 2.31. The Labute approximate surface area is 67.9 Å². The van der Waals surface area contributed by atoms with Crippen LogP contribution in [0.2, 0.25) is 0 Å². The molecule has 0 radical (unpaired) electrons. The van der Waals surface area contributed by atoms with Gasteiger partial charge in [0.15, 0.2) is 5.78 Å². The predicted octanol–water partition coefficient (Wildman–Crippen LogP) is -0.532. The number of nitrogens with one attached hydrogen (secondary N) is 1. The lowest BCUT2D eigenvalue weighted by molar-refractivity contribution is -0.124. The third-order valence-electron chi connectivity index (χ3n) is 1.86. The Morgan fingerprint density at radius 1 is 1.08 bits per heavy atom.